The molecule has 26 heteroatoms. The van der Waals surface area contributed by atoms with Crippen molar-refractivity contribution in [1.82, 2.24) is 0 Å². The lowest BCUT2D eigenvalue weighted by molar-refractivity contribution is -0.397. The van der Waals surface area contributed by atoms with Crippen molar-refractivity contribution in [3.63, 3.8) is 0 Å². The molecule has 0 heterocycles. The number of para-hydroxylation sites is 1. The summed E-state index contributed by atoms with van der Waals surface area (Å²) in [5, 5.41) is -5.90. The van der Waals surface area contributed by atoms with Crippen LogP contribution in [0.3, 0.4) is 0 Å². The SMILES string of the molecule is CCOC(C)OC(C)(COc1ccccc1[S+](c1ccc(OCC(OCOC)(C(F)(F)F)C(F)(F)F)cc1)c1ccc(OC(C(F)(F)F)C(F)(F)S(=O)(=O)O)cc1)C(F)(F)F. The summed E-state index contributed by atoms with van der Waals surface area (Å²) in [6.45, 7) is -1.50. The van der Waals surface area contributed by atoms with E-state index >= 15 is 0 Å². The first kappa shape index (κ1) is 51.5. The second kappa shape index (κ2) is 19.3. The normalized spacial score (nSPS) is 16.0. The fourth-order valence-electron chi connectivity index (χ4n) is 4.96. The van der Waals surface area contributed by atoms with E-state index in [1.165, 1.54) is 38.1 Å². The Bertz CT molecular complexity index is 1960. The largest absolute Gasteiger partial charge is 0.490 e. The molecule has 0 bridgehead atoms. The molecule has 0 aliphatic rings. The first-order valence-electron chi connectivity index (χ1n) is 16.8. The third-order valence-corrected chi connectivity index (χ3v) is 11.3. The molecule has 3 rings (SSSR count). The van der Waals surface area contributed by atoms with E-state index in [1.54, 1.807) is 0 Å². The number of rotatable bonds is 20. The minimum absolute atomic E-state index is 0.000538. The van der Waals surface area contributed by atoms with Gasteiger partial charge in [0.25, 0.3) is 11.7 Å². The van der Waals surface area contributed by atoms with Crippen LogP contribution < -0.4 is 14.2 Å². The van der Waals surface area contributed by atoms with E-state index in [9.17, 15) is 69.9 Å². The Hall–Kier alpha value is -3.82. The monoisotopic (exact) mass is 945 g/mol. The summed E-state index contributed by atoms with van der Waals surface area (Å²) < 4.78 is 260. The fourth-order valence-corrected chi connectivity index (χ4v) is 7.55. The Morgan fingerprint density at radius 2 is 1.21 bits per heavy atom. The first-order valence-corrected chi connectivity index (χ1v) is 19.5. The Balaban J connectivity index is 2.15. The molecule has 0 fully saturated rings. The van der Waals surface area contributed by atoms with Gasteiger partial charge in [0.2, 0.25) is 4.90 Å². The van der Waals surface area contributed by atoms with Gasteiger partial charge in [-0.3, -0.25) is 4.55 Å². The molecule has 0 aliphatic heterocycles. The minimum atomic E-state index is -6.68. The van der Waals surface area contributed by atoms with Gasteiger partial charge in [-0.15, -0.1) is 0 Å². The first-order chi connectivity index (χ1) is 27.8. The van der Waals surface area contributed by atoms with Crippen LogP contribution in [0.25, 0.3) is 0 Å². The van der Waals surface area contributed by atoms with Gasteiger partial charge in [-0.2, -0.15) is 69.9 Å². The van der Waals surface area contributed by atoms with Gasteiger partial charge < -0.3 is 33.2 Å². The standard InChI is InChI=1S/C35H34F14O10S2/c1-5-54-21(2)59-29(3,33(41,42)43)18-56-26-8-6-7-9-27(26)60(25-16-12-23(13-17-25)58-28(31(36,37)38)32(39,40)61(50,51)52)24-14-10-22(11-15-24)55-19-30(34(44,45)46,35(47,48)49)57-20-53-4/h6-17,21,28H,5,18-20H2,1-4H3/p+1. The van der Waals surface area contributed by atoms with E-state index in [1.807, 2.05) is 0 Å². The minimum Gasteiger partial charge on any atom is -0.490 e. The van der Waals surface area contributed by atoms with Crippen molar-refractivity contribution in [2.45, 2.75) is 89.0 Å². The van der Waals surface area contributed by atoms with Crippen LogP contribution >= 0.6 is 0 Å². The Morgan fingerprint density at radius 1 is 0.705 bits per heavy atom. The Labute approximate surface area is 341 Å². The zero-order chi connectivity index (χ0) is 46.5. The maximum Gasteiger partial charge on any atom is 0.432 e. The molecule has 3 aromatic carbocycles. The van der Waals surface area contributed by atoms with Crippen LogP contribution in [0.15, 0.2) is 87.5 Å². The van der Waals surface area contributed by atoms with Crippen molar-refractivity contribution in [3.05, 3.63) is 72.8 Å². The highest BCUT2D eigenvalue weighted by molar-refractivity contribution is 7.97. The molecule has 1 N–H and O–H groups in total. The van der Waals surface area contributed by atoms with E-state index in [0.29, 0.717) is 19.1 Å². The lowest BCUT2D eigenvalue weighted by atomic mass is 10.0. The molecule has 0 aliphatic carbocycles. The van der Waals surface area contributed by atoms with Gasteiger partial charge in [-0.05, 0) is 81.4 Å². The summed E-state index contributed by atoms with van der Waals surface area (Å²) in [5.74, 6) is -1.91. The molecule has 0 saturated carbocycles. The Kier molecular flexibility index (Phi) is 16.3. The van der Waals surface area contributed by atoms with E-state index in [0.717, 1.165) is 43.5 Å². The summed E-state index contributed by atoms with van der Waals surface area (Å²) in [6.07, 6.45) is -29.1. The summed E-state index contributed by atoms with van der Waals surface area (Å²) in [6, 6.07) is 12.4. The van der Waals surface area contributed by atoms with Crippen molar-refractivity contribution >= 4 is 21.0 Å². The second-order valence-electron chi connectivity index (χ2n) is 12.6. The zero-order valence-corrected chi connectivity index (χ0v) is 33.3. The van der Waals surface area contributed by atoms with E-state index in [4.69, 9.17) is 23.5 Å². The Morgan fingerprint density at radius 3 is 1.66 bits per heavy atom. The number of hydrogen-bond donors (Lipinski definition) is 1. The zero-order valence-electron chi connectivity index (χ0n) is 31.6. The lowest BCUT2D eigenvalue weighted by Crippen LogP contribution is -2.62. The molecule has 4 unspecified atom stereocenters. The molecule has 0 amide bonds. The summed E-state index contributed by atoms with van der Waals surface area (Å²) >= 11 is 0. The van der Waals surface area contributed by atoms with Gasteiger partial charge in [0.1, 0.15) is 42.4 Å². The van der Waals surface area contributed by atoms with Crippen molar-refractivity contribution in [3.8, 4) is 17.2 Å². The molecule has 0 spiro atoms. The molecule has 344 valence electrons. The van der Waals surface area contributed by atoms with Gasteiger partial charge in [-0.25, -0.2) is 0 Å². The second-order valence-corrected chi connectivity index (χ2v) is 16.1. The van der Waals surface area contributed by atoms with Crippen LogP contribution in [0.4, 0.5) is 61.5 Å². The number of hydrogen-bond acceptors (Lipinski definition) is 9. The lowest BCUT2D eigenvalue weighted by Gasteiger charge is -2.36. The third-order valence-electron chi connectivity index (χ3n) is 8.10. The molecule has 3 aromatic rings. The number of methoxy groups -OCH3 is 1. The number of benzene rings is 3. The van der Waals surface area contributed by atoms with Gasteiger partial charge >= 0.3 is 40.1 Å². The molecular formula is C35H35F14O10S2+. The summed E-state index contributed by atoms with van der Waals surface area (Å²) in [4.78, 5) is 0.0407. The molecule has 61 heavy (non-hydrogen) atoms. The molecule has 10 nitrogen and oxygen atoms in total. The smallest absolute Gasteiger partial charge is 0.432 e. The summed E-state index contributed by atoms with van der Waals surface area (Å²) in [5.41, 5.74) is -7.88. The van der Waals surface area contributed by atoms with Crippen LogP contribution in [0.2, 0.25) is 0 Å². The number of alkyl halides is 14. The maximum atomic E-state index is 14.3. The van der Waals surface area contributed by atoms with Crippen molar-refractivity contribution in [2.75, 3.05) is 33.7 Å². The highest BCUT2D eigenvalue weighted by Crippen LogP contribution is 2.47. The van der Waals surface area contributed by atoms with E-state index in [-0.39, 0.29) is 27.0 Å². The predicted molar refractivity (Wildman–Crippen MR) is 184 cm³/mol. The maximum absolute atomic E-state index is 14.3. The van der Waals surface area contributed by atoms with Crippen molar-refractivity contribution < 1.29 is 108 Å². The predicted octanol–water partition coefficient (Wildman–Crippen LogP) is 9.53. The molecule has 0 radical (unpaired) electrons. The van der Waals surface area contributed by atoms with Crippen LogP contribution in [0.1, 0.15) is 20.8 Å². The van der Waals surface area contributed by atoms with Gasteiger partial charge in [0.15, 0.2) is 27.4 Å². The third kappa shape index (κ3) is 12.2. The van der Waals surface area contributed by atoms with Crippen LogP contribution in [-0.4, -0.2) is 100 Å². The molecule has 0 aromatic heterocycles. The van der Waals surface area contributed by atoms with Gasteiger partial charge in [0.05, 0.1) is 0 Å². The average molecular weight is 946 g/mol. The van der Waals surface area contributed by atoms with Gasteiger partial charge in [-0.1, -0.05) is 12.1 Å². The average Bonchev–Trinajstić information content (AvgIpc) is 3.12. The van der Waals surface area contributed by atoms with Gasteiger partial charge in [0, 0.05) is 13.7 Å². The van der Waals surface area contributed by atoms with E-state index < -0.39 is 106 Å². The quantitative estimate of drug-likeness (QED) is 0.0508. The van der Waals surface area contributed by atoms with Crippen LogP contribution in [0.5, 0.6) is 17.2 Å². The topological polar surface area (TPSA) is 119 Å². The summed E-state index contributed by atoms with van der Waals surface area (Å²) in [7, 11) is -7.63. The number of ether oxygens (including phenoxy) is 7. The van der Waals surface area contributed by atoms with Crippen LogP contribution in [-0.2, 0) is 40.0 Å². The number of halogens is 14. The van der Waals surface area contributed by atoms with Crippen LogP contribution in [0, 0.1) is 0 Å². The van der Waals surface area contributed by atoms with Crippen molar-refractivity contribution in [1.29, 1.82) is 0 Å². The fraction of sp³-hybridized carbons (Fsp3) is 0.486. The van der Waals surface area contributed by atoms with E-state index in [2.05, 4.69) is 14.2 Å². The molecule has 4 atom stereocenters. The molecule has 0 saturated heterocycles. The van der Waals surface area contributed by atoms with Crippen molar-refractivity contribution in [2.24, 2.45) is 0 Å². The highest BCUT2D eigenvalue weighted by Gasteiger charge is 2.73. The molecular weight excluding hydrogens is 910 g/mol. The highest BCUT2D eigenvalue weighted by atomic mass is 32.2.